The Morgan fingerprint density at radius 3 is 2.17 bits per heavy atom. The number of aryl methyl sites for hydroxylation is 3. The van der Waals surface area contributed by atoms with Crippen LogP contribution in [0.3, 0.4) is 0 Å². The zero-order chi connectivity index (χ0) is 20.6. The lowest BCUT2D eigenvalue weighted by Gasteiger charge is -2.32. The van der Waals surface area contributed by atoms with Crippen LogP contribution in [-0.2, 0) is 16.0 Å². The van der Waals surface area contributed by atoms with Gasteiger partial charge < -0.3 is 15.0 Å². The molecule has 1 aliphatic heterocycles. The summed E-state index contributed by atoms with van der Waals surface area (Å²) in [6.07, 6.45) is 2.81. The first-order chi connectivity index (χ1) is 14.0. The van der Waals surface area contributed by atoms with Crippen LogP contribution in [0.15, 0.2) is 48.5 Å². The molecule has 5 nitrogen and oxygen atoms in total. The monoisotopic (exact) mass is 394 g/mol. The van der Waals surface area contributed by atoms with Gasteiger partial charge in [0.05, 0.1) is 0 Å². The fourth-order valence-electron chi connectivity index (χ4n) is 3.46. The number of nitrogens with one attached hydrogen (secondary N) is 1. The zero-order valence-corrected chi connectivity index (χ0v) is 17.3. The first kappa shape index (κ1) is 20.9. The van der Waals surface area contributed by atoms with Gasteiger partial charge in [0.1, 0.15) is 5.75 Å². The van der Waals surface area contributed by atoms with Crippen molar-refractivity contribution < 1.29 is 14.3 Å². The summed E-state index contributed by atoms with van der Waals surface area (Å²) in [5.74, 6) is 0.785. The van der Waals surface area contributed by atoms with Crippen molar-refractivity contribution in [3.8, 4) is 5.75 Å². The van der Waals surface area contributed by atoms with Crippen molar-refractivity contribution in [3.05, 3.63) is 65.2 Å². The summed E-state index contributed by atoms with van der Waals surface area (Å²) >= 11 is 0. The molecule has 3 rings (SSSR count). The van der Waals surface area contributed by atoms with Crippen molar-refractivity contribution in [2.75, 3.05) is 19.7 Å². The molecule has 1 saturated heterocycles. The van der Waals surface area contributed by atoms with E-state index in [0.717, 1.165) is 24.8 Å². The minimum absolute atomic E-state index is 0.00489. The molecule has 0 atom stereocenters. The number of piperidine rings is 1. The maximum atomic E-state index is 12.4. The van der Waals surface area contributed by atoms with E-state index in [9.17, 15) is 9.59 Å². The Labute approximate surface area is 173 Å². The van der Waals surface area contributed by atoms with E-state index in [2.05, 4.69) is 36.5 Å². The molecule has 0 saturated carbocycles. The molecule has 5 heteroatoms. The SMILES string of the molecule is Cc1ccc(CCC(=O)NC2CCN(C(=O)COc3ccc(C)cc3)CC2)cc1. The van der Waals surface area contributed by atoms with Gasteiger partial charge in [-0.15, -0.1) is 0 Å². The molecule has 1 heterocycles. The van der Waals surface area contributed by atoms with Crippen LogP contribution in [0.2, 0.25) is 0 Å². The Morgan fingerprint density at radius 1 is 0.966 bits per heavy atom. The first-order valence-corrected chi connectivity index (χ1v) is 10.3. The minimum atomic E-state index is -0.00489. The number of ether oxygens (including phenoxy) is 1. The summed E-state index contributed by atoms with van der Waals surface area (Å²) in [6, 6.07) is 16.1. The van der Waals surface area contributed by atoms with Gasteiger partial charge >= 0.3 is 0 Å². The number of benzene rings is 2. The van der Waals surface area contributed by atoms with Crippen molar-refractivity contribution >= 4 is 11.8 Å². The predicted molar refractivity (Wildman–Crippen MR) is 114 cm³/mol. The molecule has 0 radical (unpaired) electrons. The van der Waals surface area contributed by atoms with Crippen molar-refractivity contribution in [2.45, 2.75) is 45.6 Å². The highest BCUT2D eigenvalue weighted by Crippen LogP contribution is 2.14. The van der Waals surface area contributed by atoms with Gasteiger partial charge in [0.25, 0.3) is 5.91 Å². The molecule has 1 N–H and O–H groups in total. The van der Waals surface area contributed by atoms with Crippen LogP contribution in [0.4, 0.5) is 0 Å². The van der Waals surface area contributed by atoms with Gasteiger partial charge in [-0.25, -0.2) is 0 Å². The van der Waals surface area contributed by atoms with Crippen molar-refractivity contribution in [3.63, 3.8) is 0 Å². The fourth-order valence-corrected chi connectivity index (χ4v) is 3.46. The second-order valence-electron chi connectivity index (χ2n) is 7.81. The molecule has 2 amide bonds. The molecule has 1 fully saturated rings. The van der Waals surface area contributed by atoms with Gasteiger partial charge in [-0.05, 0) is 50.8 Å². The van der Waals surface area contributed by atoms with Gasteiger partial charge in [-0.3, -0.25) is 9.59 Å². The summed E-state index contributed by atoms with van der Waals surface area (Å²) < 4.78 is 5.59. The van der Waals surface area contributed by atoms with Crippen molar-refractivity contribution in [2.24, 2.45) is 0 Å². The smallest absolute Gasteiger partial charge is 0.260 e. The summed E-state index contributed by atoms with van der Waals surface area (Å²) in [7, 11) is 0. The highest BCUT2D eigenvalue weighted by molar-refractivity contribution is 5.78. The normalized spacial score (nSPS) is 14.5. The highest BCUT2D eigenvalue weighted by atomic mass is 16.5. The van der Waals surface area contributed by atoms with E-state index in [1.807, 2.05) is 36.1 Å². The molecular weight excluding hydrogens is 364 g/mol. The van der Waals surface area contributed by atoms with E-state index in [1.54, 1.807) is 0 Å². The molecule has 154 valence electrons. The number of likely N-dealkylation sites (tertiary alicyclic amines) is 1. The number of carbonyl (C=O) groups excluding carboxylic acids is 2. The van der Waals surface area contributed by atoms with Gasteiger partial charge in [0.15, 0.2) is 6.61 Å². The van der Waals surface area contributed by atoms with Crippen LogP contribution in [-0.4, -0.2) is 42.5 Å². The number of rotatable bonds is 7. The third kappa shape index (κ3) is 6.63. The van der Waals surface area contributed by atoms with E-state index in [0.29, 0.717) is 25.3 Å². The summed E-state index contributed by atoms with van der Waals surface area (Å²) in [4.78, 5) is 26.4. The molecule has 0 spiro atoms. The van der Waals surface area contributed by atoms with Crippen LogP contribution in [0.25, 0.3) is 0 Å². The van der Waals surface area contributed by atoms with Crippen LogP contribution >= 0.6 is 0 Å². The lowest BCUT2D eigenvalue weighted by molar-refractivity contribution is -0.134. The largest absolute Gasteiger partial charge is 0.484 e. The van der Waals surface area contributed by atoms with Crippen molar-refractivity contribution in [1.82, 2.24) is 10.2 Å². The van der Waals surface area contributed by atoms with Gasteiger partial charge in [0, 0.05) is 25.6 Å². The Balaban J connectivity index is 1.34. The second-order valence-corrected chi connectivity index (χ2v) is 7.81. The number of nitrogens with zero attached hydrogens (tertiary/aromatic N) is 1. The molecule has 29 heavy (non-hydrogen) atoms. The molecule has 0 aliphatic carbocycles. The molecule has 0 aromatic heterocycles. The van der Waals surface area contributed by atoms with Crippen LogP contribution in [0, 0.1) is 13.8 Å². The predicted octanol–water partition coefficient (Wildman–Crippen LogP) is 3.42. The van der Waals surface area contributed by atoms with Crippen molar-refractivity contribution in [1.29, 1.82) is 0 Å². The maximum Gasteiger partial charge on any atom is 0.260 e. The van der Waals surface area contributed by atoms with E-state index >= 15 is 0 Å². The highest BCUT2D eigenvalue weighted by Gasteiger charge is 2.24. The Hall–Kier alpha value is -2.82. The van der Waals surface area contributed by atoms with Crippen LogP contribution in [0.1, 0.15) is 36.0 Å². The third-order valence-corrected chi connectivity index (χ3v) is 5.36. The Kier molecular flexibility index (Phi) is 7.28. The van der Waals surface area contributed by atoms with Gasteiger partial charge in [0.2, 0.25) is 5.91 Å². The van der Waals surface area contributed by atoms with E-state index in [1.165, 1.54) is 11.1 Å². The zero-order valence-electron chi connectivity index (χ0n) is 17.3. The molecule has 2 aromatic carbocycles. The summed E-state index contributed by atoms with van der Waals surface area (Å²) in [5.41, 5.74) is 3.56. The number of amides is 2. The average Bonchev–Trinajstić information content (AvgIpc) is 2.73. The minimum Gasteiger partial charge on any atom is -0.484 e. The lowest BCUT2D eigenvalue weighted by Crippen LogP contribution is -2.47. The summed E-state index contributed by atoms with van der Waals surface area (Å²) in [6.45, 7) is 5.43. The molecule has 0 unspecified atom stereocenters. The van der Waals surface area contributed by atoms with Crippen LogP contribution < -0.4 is 10.1 Å². The van der Waals surface area contributed by atoms with Crippen LogP contribution in [0.5, 0.6) is 5.75 Å². The lowest BCUT2D eigenvalue weighted by atomic mass is 10.0. The molecule has 0 bridgehead atoms. The molecule has 1 aliphatic rings. The average molecular weight is 395 g/mol. The third-order valence-electron chi connectivity index (χ3n) is 5.36. The van der Waals surface area contributed by atoms with E-state index in [-0.39, 0.29) is 24.5 Å². The summed E-state index contributed by atoms with van der Waals surface area (Å²) in [5, 5.41) is 3.11. The second kappa shape index (κ2) is 10.1. The quantitative estimate of drug-likeness (QED) is 0.783. The number of hydrogen-bond donors (Lipinski definition) is 1. The Morgan fingerprint density at radius 2 is 1.55 bits per heavy atom. The topological polar surface area (TPSA) is 58.6 Å². The van der Waals surface area contributed by atoms with E-state index < -0.39 is 0 Å². The molecule has 2 aromatic rings. The maximum absolute atomic E-state index is 12.4. The van der Waals surface area contributed by atoms with Gasteiger partial charge in [-0.2, -0.15) is 0 Å². The standard InChI is InChI=1S/C24H30N2O3/c1-18-3-7-20(8-4-18)9-12-23(27)25-21-13-15-26(16-14-21)24(28)17-29-22-10-5-19(2)6-11-22/h3-8,10-11,21H,9,12-17H2,1-2H3,(H,25,27). The number of hydrogen-bond acceptors (Lipinski definition) is 3. The first-order valence-electron chi connectivity index (χ1n) is 10.3. The van der Waals surface area contributed by atoms with E-state index in [4.69, 9.17) is 4.74 Å². The molecular formula is C24H30N2O3. The Bertz CT molecular complexity index is 807. The fraction of sp³-hybridized carbons (Fsp3) is 0.417. The number of carbonyl (C=O) groups is 2. The van der Waals surface area contributed by atoms with Gasteiger partial charge in [-0.1, -0.05) is 47.5 Å².